The van der Waals surface area contributed by atoms with Crippen LogP contribution in [-0.4, -0.2) is 13.0 Å². The minimum atomic E-state index is -0.743. The fourth-order valence-electron chi connectivity index (χ4n) is 2.87. The molecule has 0 saturated heterocycles. The van der Waals surface area contributed by atoms with E-state index in [1.165, 1.54) is 31.4 Å². The SMILES string of the molecule is COc1cc(/C=C(/C#N)C(=O)Nc2ccccc2F)cc(Cl)c1OCc1ccc(C)cc1. The molecule has 0 aliphatic rings. The lowest BCUT2D eigenvalue weighted by Crippen LogP contribution is -2.14. The van der Waals surface area contributed by atoms with E-state index < -0.39 is 11.7 Å². The third kappa shape index (κ3) is 5.65. The quantitative estimate of drug-likeness (QED) is 0.358. The predicted molar refractivity (Wildman–Crippen MR) is 122 cm³/mol. The number of carbonyl (C=O) groups is 1. The van der Waals surface area contributed by atoms with Crippen molar-refractivity contribution < 1.29 is 18.7 Å². The van der Waals surface area contributed by atoms with Crippen molar-refractivity contribution in [1.29, 1.82) is 5.26 Å². The van der Waals surface area contributed by atoms with E-state index in [-0.39, 0.29) is 16.3 Å². The number of nitrogens with zero attached hydrogens (tertiary/aromatic N) is 1. The number of benzene rings is 3. The van der Waals surface area contributed by atoms with Gasteiger partial charge in [0.25, 0.3) is 5.91 Å². The van der Waals surface area contributed by atoms with Crippen LogP contribution in [0.5, 0.6) is 11.5 Å². The summed E-state index contributed by atoms with van der Waals surface area (Å²) in [6.07, 6.45) is 1.34. The molecule has 0 atom stereocenters. The molecule has 0 heterocycles. The second-order valence-corrected chi connectivity index (χ2v) is 7.32. The number of hydrogen-bond acceptors (Lipinski definition) is 4. The molecule has 162 valence electrons. The number of para-hydroxylation sites is 1. The zero-order valence-electron chi connectivity index (χ0n) is 17.5. The summed E-state index contributed by atoms with van der Waals surface area (Å²) in [7, 11) is 1.47. The number of hydrogen-bond donors (Lipinski definition) is 1. The van der Waals surface area contributed by atoms with Gasteiger partial charge in [0.1, 0.15) is 24.1 Å². The summed E-state index contributed by atoms with van der Waals surface area (Å²) in [5.41, 5.74) is 2.32. The number of nitrogens with one attached hydrogen (secondary N) is 1. The highest BCUT2D eigenvalue weighted by Gasteiger charge is 2.15. The summed E-state index contributed by atoms with van der Waals surface area (Å²) < 4.78 is 25.0. The normalized spacial score (nSPS) is 10.9. The molecule has 1 N–H and O–H groups in total. The van der Waals surface area contributed by atoms with Crippen LogP contribution in [0.2, 0.25) is 5.02 Å². The van der Waals surface area contributed by atoms with Gasteiger partial charge in [-0.2, -0.15) is 5.26 Å². The van der Waals surface area contributed by atoms with Crippen LogP contribution < -0.4 is 14.8 Å². The van der Waals surface area contributed by atoms with Crippen LogP contribution in [0.1, 0.15) is 16.7 Å². The molecule has 3 aromatic rings. The summed E-state index contributed by atoms with van der Waals surface area (Å²) in [5.74, 6) is -0.644. The summed E-state index contributed by atoms with van der Waals surface area (Å²) in [6.45, 7) is 2.29. The fraction of sp³-hybridized carbons (Fsp3) is 0.120. The molecule has 0 saturated carbocycles. The van der Waals surface area contributed by atoms with E-state index in [4.69, 9.17) is 21.1 Å². The van der Waals surface area contributed by atoms with Gasteiger partial charge in [0.15, 0.2) is 11.5 Å². The molecule has 0 radical (unpaired) electrons. The average Bonchev–Trinajstić information content (AvgIpc) is 2.79. The van der Waals surface area contributed by atoms with Gasteiger partial charge in [-0.1, -0.05) is 53.6 Å². The number of ether oxygens (including phenoxy) is 2. The van der Waals surface area contributed by atoms with E-state index >= 15 is 0 Å². The van der Waals surface area contributed by atoms with Crippen molar-refractivity contribution in [2.24, 2.45) is 0 Å². The van der Waals surface area contributed by atoms with Crippen molar-refractivity contribution in [3.05, 3.63) is 93.8 Å². The Morgan fingerprint density at radius 2 is 1.91 bits per heavy atom. The van der Waals surface area contributed by atoms with Crippen LogP contribution in [0.4, 0.5) is 10.1 Å². The molecule has 0 spiro atoms. The Labute approximate surface area is 190 Å². The molecule has 5 nitrogen and oxygen atoms in total. The monoisotopic (exact) mass is 450 g/mol. The van der Waals surface area contributed by atoms with Gasteiger partial charge < -0.3 is 14.8 Å². The zero-order chi connectivity index (χ0) is 23.1. The first-order chi connectivity index (χ1) is 15.4. The maximum Gasteiger partial charge on any atom is 0.266 e. The van der Waals surface area contributed by atoms with Gasteiger partial charge in [-0.3, -0.25) is 4.79 Å². The Morgan fingerprint density at radius 1 is 1.19 bits per heavy atom. The van der Waals surface area contributed by atoms with Crippen molar-refractivity contribution in [3.63, 3.8) is 0 Å². The number of nitriles is 1. The first kappa shape index (κ1) is 22.9. The minimum Gasteiger partial charge on any atom is -0.493 e. The standard InChI is InChI=1S/C25H20ClFN2O3/c1-16-7-9-17(10-8-16)15-32-24-20(26)12-18(13-23(24)31-2)11-19(14-28)25(30)29-22-6-4-3-5-21(22)27/h3-13H,15H2,1-2H3,(H,29,30)/b19-11-. The van der Waals surface area contributed by atoms with E-state index in [1.807, 2.05) is 37.3 Å². The van der Waals surface area contributed by atoms with Crippen LogP contribution in [-0.2, 0) is 11.4 Å². The number of rotatable bonds is 7. The van der Waals surface area contributed by atoms with Crippen LogP contribution in [0.25, 0.3) is 6.08 Å². The number of carbonyl (C=O) groups excluding carboxylic acids is 1. The number of amides is 1. The maximum atomic E-state index is 13.8. The van der Waals surface area contributed by atoms with Crippen molar-refractivity contribution in [2.75, 3.05) is 12.4 Å². The third-order valence-electron chi connectivity index (χ3n) is 4.55. The van der Waals surface area contributed by atoms with Crippen LogP contribution in [0.15, 0.2) is 66.2 Å². The molecule has 3 aromatic carbocycles. The van der Waals surface area contributed by atoms with Crippen molar-refractivity contribution in [2.45, 2.75) is 13.5 Å². The summed E-state index contributed by atoms with van der Waals surface area (Å²) in [5, 5.41) is 12.1. The van der Waals surface area contributed by atoms with Gasteiger partial charge in [0, 0.05) is 0 Å². The second-order valence-electron chi connectivity index (χ2n) is 6.91. The lowest BCUT2D eigenvalue weighted by atomic mass is 10.1. The molecule has 0 aliphatic heterocycles. The number of anilines is 1. The zero-order valence-corrected chi connectivity index (χ0v) is 18.2. The highest BCUT2D eigenvalue weighted by Crippen LogP contribution is 2.37. The largest absolute Gasteiger partial charge is 0.493 e. The Morgan fingerprint density at radius 3 is 2.56 bits per heavy atom. The molecule has 0 bridgehead atoms. The molecule has 1 amide bonds. The lowest BCUT2D eigenvalue weighted by Gasteiger charge is -2.14. The topological polar surface area (TPSA) is 71.3 Å². The van der Waals surface area contributed by atoms with Crippen LogP contribution in [0, 0.1) is 24.1 Å². The molecule has 0 fully saturated rings. The summed E-state index contributed by atoms with van der Waals surface area (Å²) in [6, 6.07) is 18.6. The van der Waals surface area contributed by atoms with E-state index in [9.17, 15) is 14.4 Å². The lowest BCUT2D eigenvalue weighted by molar-refractivity contribution is -0.112. The smallest absolute Gasteiger partial charge is 0.266 e. The molecule has 3 rings (SSSR count). The molecule has 0 unspecified atom stereocenters. The molecule has 7 heteroatoms. The van der Waals surface area contributed by atoms with Crippen molar-refractivity contribution in [3.8, 4) is 17.6 Å². The van der Waals surface area contributed by atoms with Gasteiger partial charge in [-0.25, -0.2) is 4.39 Å². The third-order valence-corrected chi connectivity index (χ3v) is 4.83. The number of aryl methyl sites for hydroxylation is 1. The Bertz CT molecular complexity index is 1200. The Balaban J connectivity index is 1.82. The maximum absolute atomic E-state index is 13.8. The second kappa shape index (κ2) is 10.5. The van der Waals surface area contributed by atoms with Crippen LogP contribution >= 0.6 is 11.6 Å². The average molecular weight is 451 g/mol. The summed E-state index contributed by atoms with van der Waals surface area (Å²) in [4.78, 5) is 12.4. The molecule has 32 heavy (non-hydrogen) atoms. The summed E-state index contributed by atoms with van der Waals surface area (Å²) >= 11 is 6.39. The van der Waals surface area contributed by atoms with Gasteiger partial charge in [-0.15, -0.1) is 0 Å². The molecular formula is C25H20ClFN2O3. The minimum absolute atomic E-state index is 0.0193. The van der Waals surface area contributed by atoms with Gasteiger partial charge in [0.2, 0.25) is 0 Å². The Kier molecular flexibility index (Phi) is 7.48. The first-order valence-corrected chi connectivity index (χ1v) is 10.0. The van der Waals surface area contributed by atoms with Gasteiger partial charge in [0.05, 0.1) is 17.8 Å². The molecule has 0 aromatic heterocycles. The highest BCUT2D eigenvalue weighted by atomic mass is 35.5. The number of halogens is 2. The molecular weight excluding hydrogens is 431 g/mol. The van der Waals surface area contributed by atoms with Crippen molar-refractivity contribution in [1.82, 2.24) is 0 Å². The molecule has 0 aliphatic carbocycles. The fourth-order valence-corrected chi connectivity index (χ4v) is 3.14. The van der Waals surface area contributed by atoms with E-state index in [1.54, 1.807) is 18.2 Å². The predicted octanol–water partition coefficient (Wildman–Crippen LogP) is 5.92. The Hall–Kier alpha value is -3.82. The number of methoxy groups -OCH3 is 1. The first-order valence-electron chi connectivity index (χ1n) is 9.65. The van der Waals surface area contributed by atoms with E-state index in [0.717, 1.165) is 11.1 Å². The highest BCUT2D eigenvalue weighted by molar-refractivity contribution is 6.32. The van der Waals surface area contributed by atoms with E-state index in [0.29, 0.717) is 23.7 Å². The van der Waals surface area contributed by atoms with Gasteiger partial charge in [-0.05, 0) is 48.4 Å². The van der Waals surface area contributed by atoms with Crippen LogP contribution in [0.3, 0.4) is 0 Å². The van der Waals surface area contributed by atoms with E-state index in [2.05, 4.69) is 5.32 Å². The van der Waals surface area contributed by atoms with Crippen molar-refractivity contribution >= 4 is 29.3 Å². The van der Waals surface area contributed by atoms with Gasteiger partial charge >= 0.3 is 0 Å².